The van der Waals surface area contributed by atoms with Crippen molar-refractivity contribution in [3.8, 4) is 5.88 Å². The number of oxime groups is 1. The highest BCUT2D eigenvalue weighted by Gasteiger charge is 2.14. The van der Waals surface area contributed by atoms with Gasteiger partial charge in [0.1, 0.15) is 6.61 Å². The third-order valence-corrected chi connectivity index (χ3v) is 2.45. The average molecular weight is 252 g/mol. The summed E-state index contributed by atoms with van der Waals surface area (Å²) >= 11 is 0. The molecule has 0 saturated heterocycles. The first-order valence-corrected chi connectivity index (χ1v) is 5.69. The summed E-state index contributed by atoms with van der Waals surface area (Å²) in [6, 6.07) is 1.87. The van der Waals surface area contributed by atoms with Gasteiger partial charge in [0.25, 0.3) is 0 Å². The van der Waals surface area contributed by atoms with Crippen molar-refractivity contribution in [1.29, 1.82) is 0 Å². The van der Waals surface area contributed by atoms with E-state index in [4.69, 9.17) is 15.7 Å². The molecule has 1 rings (SSSR count). The highest BCUT2D eigenvalue weighted by atomic mass is 16.5. The molecule has 0 spiro atoms. The van der Waals surface area contributed by atoms with Gasteiger partial charge in [-0.25, -0.2) is 4.98 Å². The second kappa shape index (κ2) is 6.20. The predicted molar refractivity (Wildman–Crippen MR) is 70.3 cm³/mol. The molecule has 1 heterocycles. The van der Waals surface area contributed by atoms with Crippen molar-refractivity contribution in [2.75, 3.05) is 27.2 Å². The van der Waals surface area contributed by atoms with Crippen molar-refractivity contribution in [3.63, 3.8) is 0 Å². The molecular formula is C12H20N4O2. The molecule has 0 aliphatic heterocycles. The maximum Gasteiger partial charge on any atom is 0.225 e. The molecule has 3 N–H and O–H groups in total. The van der Waals surface area contributed by atoms with Gasteiger partial charge in [0.05, 0.1) is 5.56 Å². The van der Waals surface area contributed by atoms with E-state index in [-0.39, 0.29) is 5.84 Å². The van der Waals surface area contributed by atoms with E-state index in [9.17, 15) is 0 Å². The zero-order valence-corrected chi connectivity index (χ0v) is 11.3. The smallest absolute Gasteiger partial charge is 0.225 e. The standard InChI is InChI=1S/C12H20N4O2/c1-8-7-9(2)14-12(10(8)11(13)15-17)18-6-5-16(3)4/h7,17H,5-6H2,1-4H3,(H2,13,15). The van der Waals surface area contributed by atoms with E-state index < -0.39 is 0 Å². The largest absolute Gasteiger partial charge is 0.476 e. The summed E-state index contributed by atoms with van der Waals surface area (Å²) in [4.78, 5) is 6.29. The van der Waals surface area contributed by atoms with Crippen LogP contribution in [0.25, 0.3) is 0 Å². The molecular weight excluding hydrogens is 232 g/mol. The van der Waals surface area contributed by atoms with Crippen molar-refractivity contribution >= 4 is 5.84 Å². The van der Waals surface area contributed by atoms with Gasteiger partial charge < -0.3 is 20.6 Å². The van der Waals surface area contributed by atoms with Crippen LogP contribution < -0.4 is 10.5 Å². The fourth-order valence-corrected chi connectivity index (χ4v) is 1.59. The minimum absolute atomic E-state index is 0.0138. The van der Waals surface area contributed by atoms with Crippen LogP contribution in [0.15, 0.2) is 11.2 Å². The van der Waals surface area contributed by atoms with Gasteiger partial charge in [0.2, 0.25) is 5.88 Å². The van der Waals surface area contributed by atoms with Crippen LogP contribution in [0.4, 0.5) is 0 Å². The molecule has 0 atom stereocenters. The van der Waals surface area contributed by atoms with E-state index in [0.717, 1.165) is 17.8 Å². The van der Waals surface area contributed by atoms with E-state index in [2.05, 4.69) is 10.1 Å². The van der Waals surface area contributed by atoms with E-state index in [1.165, 1.54) is 0 Å². The molecule has 0 radical (unpaired) electrons. The quantitative estimate of drug-likeness (QED) is 0.349. The molecule has 0 aromatic carbocycles. The third-order valence-electron chi connectivity index (χ3n) is 2.45. The van der Waals surface area contributed by atoms with Crippen LogP contribution in [0.5, 0.6) is 5.88 Å². The Morgan fingerprint density at radius 3 is 2.72 bits per heavy atom. The number of nitrogens with zero attached hydrogens (tertiary/aromatic N) is 3. The van der Waals surface area contributed by atoms with Gasteiger partial charge in [0, 0.05) is 12.2 Å². The predicted octanol–water partition coefficient (Wildman–Crippen LogP) is 0.733. The lowest BCUT2D eigenvalue weighted by atomic mass is 10.1. The number of ether oxygens (including phenoxy) is 1. The van der Waals surface area contributed by atoms with Crippen LogP contribution in [-0.2, 0) is 0 Å². The Hall–Kier alpha value is -1.82. The molecule has 0 aliphatic carbocycles. The minimum Gasteiger partial charge on any atom is -0.476 e. The maximum atomic E-state index is 8.79. The molecule has 0 aliphatic rings. The number of pyridine rings is 1. The van der Waals surface area contributed by atoms with E-state index in [1.807, 2.05) is 38.9 Å². The molecule has 0 saturated carbocycles. The van der Waals surface area contributed by atoms with Gasteiger partial charge in [0.15, 0.2) is 5.84 Å². The highest BCUT2D eigenvalue weighted by molar-refractivity contribution is 6.00. The Kier molecular flexibility index (Phi) is 4.91. The van der Waals surface area contributed by atoms with Crippen molar-refractivity contribution in [3.05, 3.63) is 22.9 Å². The minimum atomic E-state index is 0.0138. The van der Waals surface area contributed by atoms with Crippen molar-refractivity contribution in [2.24, 2.45) is 10.9 Å². The fourth-order valence-electron chi connectivity index (χ4n) is 1.59. The Labute approximate surface area is 107 Å². The number of amidine groups is 1. The average Bonchev–Trinajstić information content (AvgIpc) is 2.27. The highest BCUT2D eigenvalue weighted by Crippen LogP contribution is 2.20. The van der Waals surface area contributed by atoms with Crippen molar-refractivity contribution < 1.29 is 9.94 Å². The number of hydrogen-bond acceptors (Lipinski definition) is 5. The molecule has 0 bridgehead atoms. The SMILES string of the molecule is Cc1cc(C)c(C(N)=NO)c(OCCN(C)C)n1. The molecule has 0 amide bonds. The summed E-state index contributed by atoms with van der Waals surface area (Å²) in [5.41, 5.74) is 7.90. The molecule has 0 unspecified atom stereocenters. The Morgan fingerprint density at radius 2 is 2.17 bits per heavy atom. The summed E-state index contributed by atoms with van der Waals surface area (Å²) in [6.07, 6.45) is 0. The van der Waals surface area contributed by atoms with E-state index in [0.29, 0.717) is 18.1 Å². The van der Waals surface area contributed by atoms with Crippen molar-refractivity contribution in [2.45, 2.75) is 13.8 Å². The zero-order chi connectivity index (χ0) is 13.7. The summed E-state index contributed by atoms with van der Waals surface area (Å²) < 4.78 is 5.61. The number of aromatic nitrogens is 1. The van der Waals surface area contributed by atoms with Gasteiger partial charge in [-0.1, -0.05) is 5.16 Å². The van der Waals surface area contributed by atoms with Crippen LogP contribution >= 0.6 is 0 Å². The molecule has 1 aromatic heterocycles. The molecule has 6 heteroatoms. The zero-order valence-electron chi connectivity index (χ0n) is 11.3. The normalized spacial score (nSPS) is 11.9. The molecule has 1 aromatic rings. The van der Waals surface area contributed by atoms with Crippen LogP contribution in [-0.4, -0.2) is 48.2 Å². The summed E-state index contributed by atoms with van der Waals surface area (Å²) in [7, 11) is 3.92. The number of likely N-dealkylation sites (N-methyl/N-ethyl adjacent to an activating group) is 1. The Morgan fingerprint density at radius 1 is 1.50 bits per heavy atom. The monoisotopic (exact) mass is 252 g/mol. The second-order valence-corrected chi connectivity index (χ2v) is 4.40. The van der Waals surface area contributed by atoms with Gasteiger partial charge in [-0.15, -0.1) is 0 Å². The van der Waals surface area contributed by atoms with Gasteiger partial charge >= 0.3 is 0 Å². The van der Waals surface area contributed by atoms with Crippen LogP contribution in [0.1, 0.15) is 16.8 Å². The van der Waals surface area contributed by atoms with Gasteiger partial charge in [-0.3, -0.25) is 0 Å². The number of aryl methyl sites for hydroxylation is 2. The van der Waals surface area contributed by atoms with E-state index >= 15 is 0 Å². The van der Waals surface area contributed by atoms with Crippen molar-refractivity contribution in [1.82, 2.24) is 9.88 Å². The first-order valence-electron chi connectivity index (χ1n) is 5.69. The number of nitrogens with two attached hydrogens (primary N) is 1. The maximum absolute atomic E-state index is 8.79. The van der Waals surface area contributed by atoms with Crippen LogP contribution in [0, 0.1) is 13.8 Å². The Balaban J connectivity index is 3.00. The summed E-state index contributed by atoms with van der Waals surface area (Å²) in [5, 5.41) is 11.8. The lowest BCUT2D eigenvalue weighted by molar-refractivity contribution is 0.252. The topological polar surface area (TPSA) is 84.0 Å². The fraction of sp³-hybridized carbons (Fsp3) is 0.500. The van der Waals surface area contributed by atoms with Crippen LogP contribution in [0.3, 0.4) is 0 Å². The lowest BCUT2D eigenvalue weighted by Gasteiger charge is -2.14. The Bertz CT molecular complexity index is 444. The number of hydrogen-bond donors (Lipinski definition) is 2. The van der Waals surface area contributed by atoms with Crippen LogP contribution in [0.2, 0.25) is 0 Å². The summed E-state index contributed by atoms with van der Waals surface area (Å²) in [6.45, 7) is 5.02. The molecule has 0 fully saturated rings. The number of rotatable bonds is 5. The van der Waals surface area contributed by atoms with Gasteiger partial charge in [-0.05, 0) is 39.6 Å². The van der Waals surface area contributed by atoms with Gasteiger partial charge in [-0.2, -0.15) is 0 Å². The lowest BCUT2D eigenvalue weighted by Crippen LogP contribution is -2.22. The third kappa shape index (κ3) is 3.59. The first-order chi connectivity index (χ1) is 8.45. The molecule has 100 valence electrons. The first kappa shape index (κ1) is 14.2. The second-order valence-electron chi connectivity index (χ2n) is 4.40. The molecule has 18 heavy (non-hydrogen) atoms. The van der Waals surface area contributed by atoms with E-state index in [1.54, 1.807) is 0 Å². The summed E-state index contributed by atoms with van der Waals surface area (Å²) in [5.74, 6) is 0.421. The molecule has 6 nitrogen and oxygen atoms in total.